The second-order valence-corrected chi connectivity index (χ2v) is 6.50. The number of aryl methyl sites for hydroxylation is 1. The van der Waals surface area contributed by atoms with Gasteiger partial charge >= 0.3 is 0 Å². The highest BCUT2D eigenvalue weighted by Gasteiger charge is 2.19. The Bertz CT molecular complexity index is 734. The van der Waals surface area contributed by atoms with Crippen LogP contribution in [0.25, 0.3) is 5.57 Å². The Morgan fingerprint density at radius 2 is 1.72 bits per heavy atom. The second kappa shape index (κ2) is 9.07. The lowest BCUT2D eigenvalue weighted by molar-refractivity contribution is 0.327. The molecule has 0 atom stereocenters. The minimum absolute atomic E-state index is 0. The van der Waals surface area contributed by atoms with Gasteiger partial charge in [-0.3, -0.25) is 4.90 Å². The highest BCUT2D eigenvalue weighted by Crippen LogP contribution is 2.36. The van der Waals surface area contributed by atoms with Crippen LogP contribution in [0.5, 0.6) is 5.75 Å². The highest BCUT2D eigenvalue weighted by atomic mass is 35.5. The van der Waals surface area contributed by atoms with E-state index in [1.54, 1.807) is 6.07 Å². The second-order valence-electron chi connectivity index (χ2n) is 6.50. The smallest absolute Gasteiger partial charge is 0.116 e. The normalized spacial score (nSPS) is 14.0. The molecule has 1 aliphatic rings. The van der Waals surface area contributed by atoms with Crippen molar-refractivity contribution < 1.29 is 5.11 Å². The molecule has 0 saturated carbocycles. The number of fused-ring (bicyclic) bond motifs is 1. The fourth-order valence-electron chi connectivity index (χ4n) is 3.69. The Kier molecular flexibility index (Phi) is 7.10. The number of benzene rings is 2. The Hall–Kier alpha value is -1.77. The maximum Gasteiger partial charge on any atom is 0.116 e. The summed E-state index contributed by atoms with van der Waals surface area (Å²) in [6, 6.07) is 16.5. The predicted molar refractivity (Wildman–Crippen MR) is 109 cm³/mol. The van der Waals surface area contributed by atoms with Crippen molar-refractivity contribution in [3.63, 3.8) is 0 Å². The van der Waals surface area contributed by atoms with Crippen molar-refractivity contribution in [3.8, 4) is 5.75 Å². The molecular weight excluding hydrogens is 330 g/mol. The van der Waals surface area contributed by atoms with Crippen LogP contribution in [-0.4, -0.2) is 29.6 Å². The van der Waals surface area contributed by atoms with E-state index in [1.807, 2.05) is 12.1 Å². The van der Waals surface area contributed by atoms with Gasteiger partial charge in [0.15, 0.2) is 0 Å². The largest absolute Gasteiger partial charge is 0.508 e. The molecule has 0 bridgehead atoms. The number of aromatic hydroxyl groups is 1. The van der Waals surface area contributed by atoms with Crippen molar-refractivity contribution in [2.45, 2.75) is 33.1 Å². The summed E-state index contributed by atoms with van der Waals surface area (Å²) in [5, 5.41) is 9.99. The predicted octanol–water partition coefficient (Wildman–Crippen LogP) is 5.29. The van der Waals surface area contributed by atoms with E-state index in [1.165, 1.54) is 28.7 Å². The lowest BCUT2D eigenvalue weighted by Crippen LogP contribution is -2.25. The number of nitrogens with zero attached hydrogens (tertiary/aromatic N) is 1. The lowest BCUT2D eigenvalue weighted by Gasteiger charge is -2.23. The van der Waals surface area contributed by atoms with Gasteiger partial charge < -0.3 is 5.11 Å². The van der Waals surface area contributed by atoms with Crippen LogP contribution in [0.3, 0.4) is 0 Å². The zero-order valence-corrected chi connectivity index (χ0v) is 16.0. The van der Waals surface area contributed by atoms with Gasteiger partial charge in [0.1, 0.15) is 5.75 Å². The summed E-state index contributed by atoms with van der Waals surface area (Å²) in [7, 11) is 0. The van der Waals surface area contributed by atoms with Crippen LogP contribution >= 0.6 is 12.4 Å². The number of hydrogen-bond donors (Lipinski definition) is 1. The van der Waals surface area contributed by atoms with E-state index < -0.39 is 0 Å². The molecule has 0 aromatic heterocycles. The Morgan fingerprint density at radius 3 is 2.44 bits per heavy atom. The molecule has 134 valence electrons. The molecule has 2 nitrogen and oxygen atoms in total. The molecule has 0 heterocycles. The first-order chi connectivity index (χ1) is 11.7. The zero-order valence-electron chi connectivity index (χ0n) is 15.2. The maximum atomic E-state index is 9.99. The quantitative estimate of drug-likeness (QED) is 0.785. The van der Waals surface area contributed by atoms with Gasteiger partial charge in [-0.1, -0.05) is 50.2 Å². The maximum absolute atomic E-state index is 9.99. The standard InChI is InChI=1S/C22H27NO.ClH/c1-3-23(4-2)16-19-12-7-10-17-9-5-6-14-21(17)22(19)18-11-8-13-20(24)15-18;/h5-6,8-9,11,13-15,24H,3-4,7,10,12,16H2,1-2H3;1H. The summed E-state index contributed by atoms with van der Waals surface area (Å²) in [6.45, 7) is 7.59. The Balaban J connectivity index is 0.00000225. The number of likely N-dealkylation sites (N-methyl/N-ethyl adjacent to an activating group) is 1. The molecule has 0 spiro atoms. The molecule has 2 aromatic rings. The summed E-state index contributed by atoms with van der Waals surface area (Å²) in [6.07, 6.45) is 3.44. The number of halogens is 1. The molecule has 0 fully saturated rings. The molecule has 0 radical (unpaired) electrons. The minimum atomic E-state index is 0. The Labute approximate surface area is 157 Å². The lowest BCUT2D eigenvalue weighted by atomic mass is 9.90. The van der Waals surface area contributed by atoms with Crippen LogP contribution in [0.2, 0.25) is 0 Å². The van der Waals surface area contributed by atoms with Gasteiger partial charge in [-0.05, 0) is 72.3 Å². The van der Waals surface area contributed by atoms with Gasteiger partial charge in [-0.25, -0.2) is 0 Å². The third-order valence-corrected chi connectivity index (χ3v) is 5.01. The fraction of sp³-hybridized carbons (Fsp3) is 0.364. The van der Waals surface area contributed by atoms with E-state index in [2.05, 4.69) is 49.1 Å². The first kappa shape index (κ1) is 19.6. The van der Waals surface area contributed by atoms with Crippen LogP contribution in [0.1, 0.15) is 43.4 Å². The Morgan fingerprint density at radius 1 is 0.960 bits per heavy atom. The van der Waals surface area contributed by atoms with Crippen LogP contribution in [0.15, 0.2) is 54.1 Å². The molecule has 0 amide bonds. The summed E-state index contributed by atoms with van der Waals surface area (Å²) < 4.78 is 0. The average Bonchev–Trinajstić information content (AvgIpc) is 2.78. The average molecular weight is 358 g/mol. The third-order valence-electron chi connectivity index (χ3n) is 5.01. The summed E-state index contributed by atoms with van der Waals surface area (Å²) in [5.41, 5.74) is 6.71. The summed E-state index contributed by atoms with van der Waals surface area (Å²) >= 11 is 0. The molecule has 2 aromatic carbocycles. The molecular formula is C22H28ClNO. The molecule has 1 aliphatic carbocycles. The van der Waals surface area contributed by atoms with Gasteiger partial charge in [0.2, 0.25) is 0 Å². The molecule has 0 unspecified atom stereocenters. The van der Waals surface area contributed by atoms with Crippen molar-refractivity contribution >= 4 is 18.0 Å². The molecule has 1 N–H and O–H groups in total. The van der Waals surface area contributed by atoms with Crippen molar-refractivity contribution in [2.24, 2.45) is 0 Å². The van der Waals surface area contributed by atoms with E-state index in [-0.39, 0.29) is 12.4 Å². The number of rotatable bonds is 5. The van der Waals surface area contributed by atoms with Crippen molar-refractivity contribution in [2.75, 3.05) is 19.6 Å². The molecule has 0 saturated heterocycles. The first-order valence-corrected chi connectivity index (χ1v) is 9.05. The number of phenols is 1. The zero-order chi connectivity index (χ0) is 16.9. The number of hydrogen-bond acceptors (Lipinski definition) is 2. The first-order valence-electron chi connectivity index (χ1n) is 9.05. The van der Waals surface area contributed by atoms with Crippen LogP contribution in [0, 0.1) is 0 Å². The van der Waals surface area contributed by atoms with Crippen molar-refractivity contribution in [1.29, 1.82) is 0 Å². The third kappa shape index (κ3) is 4.45. The SMILES string of the molecule is CCN(CC)CC1=C(c2cccc(O)c2)c2ccccc2CCC1.Cl. The van der Waals surface area contributed by atoms with Gasteiger partial charge in [-0.2, -0.15) is 0 Å². The van der Waals surface area contributed by atoms with Crippen molar-refractivity contribution in [3.05, 3.63) is 70.8 Å². The van der Waals surface area contributed by atoms with Crippen molar-refractivity contribution in [1.82, 2.24) is 4.90 Å². The van der Waals surface area contributed by atoms with E-state index in [4.69, 9.17) is 0 Å². The topological polar surface area (TPSA) is 23.5 Å². The van der Waals surface area contributed by atoms with E-state index in [0.29, 0.717) is 5.75 Å². The van der Waals surface area contributed by atoms with Crippen LogP contribution < -0.4 is 0 Å². The monoisotopic (exact) mass is 357 g/mol. The molecule has 3 heteroatoms. The van der Waals surface area contributed by atoms with Gasteiger partial charge in [0.25, 0.3) is 0 Å². The van der Waals surface area contributed by atoms with E-state index >= 15 is 0 Å². The van der Waals surface area contributed by atoms with E-state index in [0.717, 1.165) is 38.0 Å². The fourth-order valence-corrected chi connectivity index (χ4v) is 3.69. The number of phenolic OH excluding ortho intramolecular Hbond substituents is 1. The van der Waals surface area contributed by atoms with E-state index in [9.17, 15) is 5.11 Å². The molecule has 0 aliphatic heterocycles. The summed E-state index contributed by atoms with van der Waals surface area (Å²) in [4.78, 5) is 2.48. The van der Waals surface area contributed by atoms with Crippen LogP contribution in [0.4, 0.5) is 0 Å². The van der Waals surface area contributed by atoms with Gasteiger partial charge in [-0.15, -0.1) is 12.4 Å². The summed E-state index contributed by atoms with van der Waals surface area (Å²) in [5.74, 6) is 0.337. The van der Waals surface area contributed by atoms with Gasteiger partial charge in [0, 0.05) is 6.54 Å². The van der Waals surface area contributed by atoms with Gasteiger partial charge in [0.05, 0.1) is 0 Å². The van der Waals surface area contributed by atoms with Crippen LogP contribution in [-0.2, 0) is 6.42 Å². The molecule has 25 heavy (non-hydrogen) atoms. The minimum Gasteiger partial charge on any atom is -0.508 e. The molecule has 3 rings (SSSR count). The highest BCUT2D eigenvalue weighted by molar-refractivity contribution is 5.85.